The van der Waals surface area contributed by atoms with Crippen molar-refractivity contribution < 1.29 is 23.4 Å². The number of alkyl halides is 3. The Morgan fingerprint density at radius 3 is 2.42 bits per heavy atom. The molecule has 0 radical (unpaired) electrons. The molecule has 4 aromatic rings. The summed E-state index contributed by atoms with van der Waals surface area (Å²) >= 11 is 0. The summed E-state index contributed by atoms with van der Waals surface area (Å²) in [5.41, 5.74) is -0.221. The Kier molecular flexibility index (Phi) is 5.32. The monoisotopic (exact) mass is 430 g/mol. The summed E-state index contributed by atoms with van der Waals surface area (Å²) in [6.45, 7) is 1.29. The van der Waals surface area contributed by atoms with Gasteiger partial charge in [0.15, 0.2) is 0 Å². The molecule has 9 heteroatoms. The predicted octanol–water partition coefficient (Wildman–Crippen LogP) is 3.92. The van der Waals surface area contributed by atoms with Crippen LogP contribution in [0, 0.1) is 0 Å². The second kappa shape index (κ2) is 7.82. The van der Waals surface area contributed by atoms with Crippen molar-refractivity contribution in [2.24, 2.45) is 0 Å². The molecule has 1 atom stereocenters. The van der Waals surface area contributed by atoms with Crippen LogP contribution in [0.5, 0.6) is 0 Å². The van der Waals surface area contributed by atoms with Crippen molar-refractivity contribution in [2.75, 3.05) is 0 Å². The molecule has 6 nitrogen and oxygen atoms in total. The Morgan fingerprint density at radius 1 is 1.03 bits per heavy atom. The molecule has 0 aliphatic rings. The van der Waals surface area contributed by atoms with Gasteiger partial charge in [-0.2, -0.15) is 13.2 Å². The fourth-order valence-electron chi connectivity index (χ4n) is 3.70. The van der Waals surface area contributed by atoms with E-state index in [2.05, 4.69) is 10.3 Å². The van der Waals surface area contributed by atoms with Gasteiger partial charge in [-0.25, -0.2) is 4.68 Å². The number of para-hydroxylation sites is 1. The molecule has 2 heterocycles. The molecule has 0 aliphatic carbocycles. The number of aromatic nitrogens is 4. The Bertz CT molecular complexity index is 1200. The van der Waals surface area contributed by atoms with Gasteiger partial charge in [-0.15, -0.1) is 5.10 Å². The van der Waals surface area contributed by atoms with E-state index in [0.29, 0.717) is 0 Å². The SMILES string of the molecule is CCC(O)(c1cn(Cc2ccc3c(c2)cc(CO)n3-c2ccccc2)nn1)C(F)(F)F. The van der Waals surface area contributed by atoms with Crippen LogP contribution in [0.15, 0.2) is 60.8 Å². The summed E-state index contributed by atoms with van der Waals surface area (Å²) in [7, 11) is 0. The van der Waals surface area contributed by atoms with Crippen LogP contribution in [0.25, 0.3) is 16.6 Å². The molecule has 0 bridgehead atoms. The molecule has 4 rings (SSSR count). The summed E-state index contributed by atoms with van der Waals surface area (Å²) in [6.07, 6.45) is -4.28. The number of benzene rings is 2. The zero-order chi connectivity index (χ0) is 22.2. The summed E-state index contributed by atoms with van der Waals surface area (Å²) in [4.78, 5) is 0. The van der Waals surface area contributed by atoms with E-state index in [4.69, 9.17) is 0 Å². The van der Waals surface area contributed by atoms with Gasteiger partial charge < -0.3 is 14.8 Å². The van der Waals surface area contributed by atoms with Gasteiger partial charge >= 0.3 is 6.18 Å². The number of halogens is 3. The van der Waals surface area contributed by atoms with Gasteiger partial charge in [-0.3, -0.25) is 0 Å². The Balaban J connectivity index is 1.66. The van der Waals surface area contributed by atoms with Crippen LogP contribution in [0.1, 0.15) is 30.3 Å². The van der Waals surface area contributed by atoms with Crippen LogP contribution in [-0.2, 0) is 18.8 Å². The number of hydrogen-bond acceptors (Lipinski definition) is 4. The van der Waals surface area contributed by atoms with Crippen LogP contribution in [0.3, 0.4) is 0 Å². The minimum atomic E-state index is -4.84. The molecule has 0 aliphatic heterocycles. The lowest BCUT2D eigenvalue weighted by molar-refractivity contribution is -0.269. The molecule has 1 unspecified atom stereocenters. The number of nitrogens with zero attached hydrogens (tertiary/aromatic N) is 4. The van der Waals surface area contributed by atoms with Crippen LogP contribution in [-0.4, -0.2) is 36.0 Å². The van der Waals surface area contributed by atoms with E-state index >= 15 is 0 Å². The molecule has 0 spiro atoms. The molecule has 31 heavy (non-hydrogen) atoms. The van der Waals surface area contributed by atoms with Crippen molar-refractivity contribution in [1.82, 2.24) is 19.6 Å². The summed E-state index contributed by atoms with van der Waals surface area (Å²) in [5, 5.41) is 28.1. The highest BCUT2D eigenvalue weighted by atomic mass is 19.4. The molecular weight excluding hydrogens is 409 g/mol. The average Bonchev–Trinajstić information content (AvgIpc) is 3.37. The molecule has 2 aromatic carbocycles. The van der Waals surface area contributed by atoms with Crippen molar-refractivity contribution in [3.63, 3.8) is 0 Å². The van der Waals surface area contributed by atoms with Crippen LogP contribution in [0.4, 0.5) is 13.2 Å². The third kappa shape index (κ3) is 3.70. The first-order chi connectivity index (χ1) is 14.8. The summed E-state index contributed by atoms with van der Waals surface area (Å²) in [6, 6.07) is 17.1. The van der Waals surface area contributed by atoms with E-state index in [1.54, 1.807) is 0 Å². The first kappa shape index (κ1) is 21.1. The third-order valence-electron chi connectivity index (χ3n) is 5.41. The molecule has 2 aromatic heterocycles. The maximum Gasteiger partial charge on any atom is 0.423 e. The van der Waals surface area contributed by atoms with Crippen molar-refractivity contribution in [1.29, 1.82) is 0 Å². The highest BCUT2D eigenvalue weighted by Crippen LogP contribution is 2.40. The van der Waals surface area contributed by atoms with Crippen LogP contribution in [0.2, 0.25) is 0 Å². The lowest BCUT2D eigenvalue weighted by atomic mass is 9.96. The minimum Gasteiger partial charge on any atom is -0.390 e. The largest absolute Gasteiger partial charge is 0.423 e. The molecule has 0 amide bonds. The van der Waals surface area contributed by atoms with E-state index in [0.717, 1.165) is 34.0 Å². The zero-order valence-corrected chi connectivity index (χ0v) is 16.7. The number of aliphatic hydroxyl groups excluding tert-OH is 1. The van der Waals surface area contributed by atoms with Crippen molar-refractivity contribution in [3.8, 4) is 5.69 Å². The summed E-state index contributed by atoms with van der Waals surface area (Å²) < 4.78 is 43.0. The number of rotatable bonds is 6. The Morgan fingerprint density at radius 2 is 1.77 bits per heavy atom. The van der Waals surface area contributed by atoms with Crippen LogP contribution >= 0.6 is 0 Å². The topological polar surface area (TPSA) is 76.1 Å². The normalized spacial score (nSPS) is 14.1. The van der Waals surface area contributed by atoms with Gasteiger partial charge in [0.2, 0.25) is 5.60 Å². The Hall–Kier alpha value is -3.17. The second-order valence-corrected chi connectivity index (χ2v) is 7.37. The van der Waals surface area contributed by atoms with Gasteiger partial charge in [0.1, 0.15) is 5.69 Å². The average molecular weight is 430 g/mol. The van der Waals surface area contributed by atoms with Gasteiger partial charge in [-0.05, 0) is 42.3 Å². The van der Waals surface area contributed by atoms with E-state index in [1.165, 1.54) is 11.6 Å². The summed E-state index contributed by atoms with van der Waals surface area (Å²) in [5.74, 6) is 0. The maximum absolute atomic E-state index is 13.3. The number of hydrogen-bond donors (Lipinski definition) is 2. The lowest BCUT2D eigenvalue weighted by Gasteiger charge is -2.26. The fraction of sp³-hybridized carbons (Fsp3) is 0.273. The van der Waals surface area contributed by atoms with Crippen LogP contribution < -0.4 is 0 Å². The molecule has 162 valence electrons. The molecule has 0 saturated carbocycles. The van der Waals surface area contributed by atoms with Gasteiger partial charge in [0.25, 0.3) is 0 Å². The number of aliphatic hydroxyl groups is 2. The standard InChI is InChI=1S/C22H21F3N4O2/c1-2-21(31,22(23,24)25)20-13-28(27-26-20)12-15-8-9-19-16(10-15)11-18(14-30)29(19)17-6-4-3-5-7-17/h3-11,13,30-31H,2,12,14H2,1H3. The fourth-order valence-corrected chi connectivity index (χ4v) is 3.70. The van der Waals surface area contributed by atoms with E-state index in [9.17, 15) is 23.4 Å². The molecule has 0 saturated heterocycles. The minimum absolute atomic E-state index is 0.140. The molecule has 0 fully saturated rings. The Labute approximate surface area is 176 Å². The predicted molar refractivity (Wildman–Crippen MR) is 109 cm³/mol. The van der Waals surface area contributed by atoms with E-state index in [1.807, 2.05) is 59.2 Å². The van der Waals surface area contributed by atoms with E-state index in [-0.39, 0.29) is 13.2 Å². The van der Waals surface area contributed by atoms with Gasteiger partial charge in [0, 0.05) is 16.8 Å². The van der Waals surface area contributed by atoms with Crippen molar-refractivity contribution in [2.45, 2.75) is 38.3 Å². The zero-order valence-electron chi connectivity index (χ0n) is 16.7. The van der Waals surface area contributed by atoms with Gasteiger partial charge in [-0.1, -0.05) is 36.4 Å². The smallest absolute Gasteiger partial charge is 0.390 e. The molecule has 2 N–H and O–H groups in total. The van der Waals surface area contributed by atoms with E-state index < -0.39 is 23.9 Å². The first-order valence-corrected chi connectivity index (χ1v) is 9.76. The lowest BCUT2D eigenvalue weighted by Crippen LogP contribution is -2.42. The quantitative estimate of drug-likeness (QED) is 0.486. The highest BCUT2D eigenvalue weighted by molar-refractivity contribution is 5.84. The van der Waals surface area contributed by atoms with Crippen molar-refractivity contribution >= 4 is 10.9 Å². The maximum atomic E-state index is 13.3. The van der Waals surface area contributed by atoms with Crippen molar-refractivity contribution in [3.05, 3.63) is 77.7 Å². The second-order valence-electron chi connectivity index (χ2n) is 7.37. The first-order valence-electron chi connectivity index (χ1n) is 9.76. The highest BCUT2D eigenvalue weighted by Gasteiger charge is 2.55. The molecular formula is C22H21F3N4O2. The third-order valence-corrected chi connectivity index (χ3v) is 5.41. The number of fused-ring (bicyclic) bond motifs is 1. The van der Waals surface area contributed by atoms with Gasteiger partial charge in [0.05, 0.1) is 24.9 Å².